The van der Waals surface area contributed by atoms with E-state index in [1.54, 1.807) is 6.92 Å². The van der Waals surface area contributed by atoms with Crippen molar-refractivity contribution in [3.05, 3.63) is 20.5 Å². The van der Waals surface area contributed by atoms with Gasteiger partial charge in [-0.1, -0.05) is 0 Å². The summed E-state index contributed by atoms with van der Waals surface area (Å²) in [7, 11) is 0. The van der Waals surface area contributed by atoms with Crippen molar-refractivity contribution in [3.63, 3.8) is 0 Å². The summed E-state index contributed by atoms with van der Waals surface area (Å²) in [4.78, 5) is 0. The monoisotopic (exact) mass is 108 g/mol. The molecule has 0 fully saturated rings. The van der Waals surface area contributed by atoms with Gasteiger partial charge in [-0.15, -0.1) is 0 Å². The Hall–Kier alpha value is 0.674. The summed E-state index contributed by atoms with van der Waals surface area (Å²) in [5.41, 5.74) is 0. The zero-order valence-corrected chi connectivity index (χ0v) is 5.35. The molecule has 0 aliphatic heterocycles. The first-order valence-electron chi connectivity index (χ1n) is 0.707. The molecule has 0 saturated carbocycles. The third-order valence-electron chi connectivity index (χ3n) is 0. The van der Waals surface area contributed by atoms with Gasteiger partial charge >= 0.3 is 21.7 Å². The van der Waals surface area contributed by atoms with Crippen LogP contribution in [0.2, 0.25) is 0 Å². The van der Waals surface area contributed by atoms with E-state index in [1.165, 1.54) is 0 Å². The molecule has 0 aromatic rings. The van der Waals surface area contributed by atoms with Crippen molar-refractivity contribution >= 4 is 0 Å². The molecule has 0 aliphatic rings. The van der Waals surface area contributed by atoms with Gasteiger partial charge in [0.25, 0.3) is 0 Å². The van der Waals surface area contributed by atoms with E-state index in [4.69, 9.17) is 0 Å². The molecule has 0 saturated heterocycles. The molecule has 0 aromatic heterocycles. The quantitative estimate of drug-likeness (QED) is 0.336. The third kappa shape index (κ3) is 73.5. The van der Waals surface area contributed by atoms with Gasteiger partial charge < -0.3 is 20.5 Å². The second kappa shape index (κ2) is 139. The Kier molecular flexibility index (Phi) is 1230. The smallest absolute Gasteiger partial charge is 0.693 e. The van der Waals surface area contributed by atoms with Gasteiger partial charge in [-0.2, -0.15) is 6.92 Å². The number of rotatable bonds is 0. The van der Waals surface area contributed by atoms with Crippen LogP contribution in [0.1, 0.15) is 6.92 Å². The van der Waals surface area contributed by atoms with Crippen molar-refractivity contribution in [1.29, 1.82) is 0 Å². The summed E-state index contributed by atoms with van der Waals surface area (Å²) >= 11 is 0. The van der Waals surface area contributed by atoms with Crippen LogP contribution in [0.5, 0.6) is 0 Å². The van der Waals surface area contributed by atoms with Crippen LogP contribution in [0, 0.1) is 14.4 Å². The Bertz CT molecular complexity index is 6.85. The van der Waals surface area contributed by atoms with E-state index in [1.807, 2.05) is 0 Å². The van der Waals surface area contributed by atoms with Gasteiger partial charge in [-0.05, 0) is 0 Å². The van der Waals surface area contributed by atoms with Crippen molar-refractivity contribution in [3.8, 4) is 0 Å². The maximum absolute atomic E-state index is 3.25. The van der Waals surface area contributed by atoms with Crippen molar-refractivity contribution in [2.45, 2.75) is 6.92 Å². The topological polar surface area (TPSA) is 33.5 Å². The van der Waals surface area contributed by atoms with Crippen LogP contribution in [0.3, 0.4) is 0 Å². The zero-order chi connectivity index (χ0) is 2.00. The summed E-state index contributed by atoms with van der Waals surface area (Å²) in [6, 6.07) is 0. The normalized spacial score (nSPS) is 1.20. The fourth-order valence-electron chi connectivity index (χ4n) is 0. The van der Waals surface area contributed by atoms with Gasteiger partial charge in [-0.3, -0.25) is 0 Å². The summed E-state index contributed by atoms with van der Waals surface area (Å²) < 4.78 is 0. The van der Waals surface area contributed by atoms with Crippen molar-refractivity contribution < 1.29 is 21.7 Å². The minimum absolute atomic E-state index is 0. The maximum Gasteiger partial charge on any atom is 3.00 e. The fourth-order valence-corrected chi connectivity index (χ4v) is 0. The van der Waals surface area contributed by atoms with Gasteiger partial charge in [0.2, 0.25) is 0 Å². The molecule has 0 aromatic carbocycles. The van der Waals surface area contributed by atoms with E-state index in [9.17, 15) is 0 Å². The van der Waals surface area contributed by atoms with Crippen molar-refractivity contribution in [1.82, 2.24) is 0 Å². The molecule has 1 nitrogen and oxygen atoms in total. The molecule has 0 spiro atoms. The number of hydrogen-bond donors (Lipinski definition) is 0. The van der Waals surface area contributed by atoms with Crippen molar-refractivity contribution in [2.75, 3.05) is 0 Å². The van der Waals surface area contributed by atoms with E-state index in [2.05, 4.69) is 6.92 Å². The standard InChI is InChI=1S/C2H5.CH3.H2N.Ti/c1-2;;;/h1H2,2H3;1H3;1H2;/q3*-1;+3. The van der Waals surface area contributed by atoms with E-state index < -0.39 is 0 Å². The summed E-state index contributed by atoms with van der Waals surface area (Å²) in [5, 5.41) is 0. The van der Waals surface area contributed by atoms with Gasteiger partial charge in [-0.25, -0.2) is 0 Å². The Morgan fingerprint density at radius 1 is 1.20 bits per heavy atom. The first kappa shape index (κ1) is 44.2. The van der Waals surface area contributed by atoms with Crippen LogP contribution in [0.4, 0.5) is 0 Å². The molecular weight excluding hydrogens is 97.9 g/mol. The minimum Gasteiger partial charge on any atom is -0.693 e. The fraction of sp³-hybridized carbons (Fsp3) is 0.333. The first-order valence-corrected chi connectivity index (χ1v) is 0.707. The molecule has 1 radical (unpaired) electrons. The molecule has 0 atom stereocenters. The molecule has 0 bridgehead atoms. The van der Waals surface area contributed by atoms with Crippen LogP contribution in [-0.4, -0.2) is 0 Å². The predicted molar refractivity (Wildman–Crippen MR) is 22.7 cm³/mol. The Balaban J connectivity index is -0.00000000167. The van der Waals surface area contributed by atoms with E-state index in [-0.39, 0.29) is 35.3 Å². The second-order valence-electron chi connectivity index (χ2n) is 0. The van der Waals surface area contributed by atoms with Crippen molar-refractivity contribution in [2.24, 2.45) is 0 Å². The molecule has 2 N–H and O–H groups in total. The first-order chi connectivity index (χ1) is 1.00. The second-order valence-corrected chi connectivity index (χ2v) is 0. The Labute approximate surface area is 49.6 Å². The van der Waals surface area contributed by atoms with Gasteiger partial charge in [0.05, 0.1) is 0 Å². The largest absolute Gasteiger partial charge is 3.00 e. The number of hydrogen-bond acceptors (Lipinski definition) is 0. The molecule has 5 heavy (non-hydrogen) atoms. The summed E-state index contributed by atoms with van der Waals surface area (Å²) in [6.07, 6.45) is 0. The molecule has 0 aliphatic carbocycles. The Morgan fingerprint density at radius 3 is 1.20 bits per heavy atom. The van der Waals surface area contributed by atoms with Crippen LogP contribution >= 0.6 is 0 Å². The molecule has 2 heteroatoms. The number of nitrogens with two attached hydrogens (primary N) is 1. The van der Waals surface area contributed by atoms with Gasteiger partial charge in [0.15, 0.2) is 0 Å². The van der Waals surface area contributed by atoms with E-state index in [0.29, 0.717) is 0 Å². The Morgan fingerprint density at radius 2 is 1.20 bits per heavy atom. The average Bonchev–Trinajstić information content (AvgIpc) is 1.00. The molecule has 0 unspecified atom stereocenters. The minimum atomic E-state index is 0. The van der Waals surface area contributed by atoms with E-state index >= 15 is 0 Å². The molecule has 0 heterocycles. The van der Waals surface area contributed by atoms with Gasteiger partial charge in [0, 0.05) is 0 Å². The summed E-state index contributed by atoms with van der Waals surface area (Å²) in [5.74, 6) is 0. The molecule has 31 valence electrons. The predicted octanol–water partition coefficient (Wildman–Crippen LogP) is 2.01. The molecule has 0 amide bonds. The van der Waals surface area contributed by atoms with Crippen LogP contribution in [-0.2, 0) is 21.7 Å². The summed E-state index contributed by atoms with van der Waals surface area (Å²) in [6.45, 7) is 5.00. The van der Waals surface area contributed by atoms with Crippen LogP contribution in [0.15, 0.2) is 0 Å². The third-order valence-corrected chi connectivity index (χ3v) is 0. The zero-order valence-electron chi connectivity index (χ0n) is 3.78. The van der Waals surface area contributed by atoms with Crippen LogP contribution < -0.4 is 0 Å². The molecular formula is C3H10NTi. The maximum atomic E-state index is 3.25. The average molecular weight is 108 g/mol. The van der Waals surface area contributed by atoms with Gasteiger partial charge in [0.1, 0.15) is 0 Å². The SMILES string of the molecule is [CH2-]C.[CH3-].[NH2-].[Ti+3]. The molecule has 0 rings (SSSR count). The van der Waals surface area contributed by atoms with E-state index in [0.717, 1.165) is 0 Å². The van der Waals surface area contributed by atoms with Crippen LogP contribution in [0.25, 0.3) is 6.15 Å².